The number of hydrogen-bond donors (Lipinski definition) is 1. The maximum Gasteiger partial charge on any atom is 0.106 e. The molecule has 0 radical (unpaired) electrons. The van der Waals surface area contributed by atoms with Gasteiger partial charge in [0.15, 0.2) is 0 Å². The minimum absolute atomic E-state index is 0.697. The summed E-state index contributed by atoms with van der Waals surface area (Å²) in [6.07, 6.45) is 0. The second-order valence-electron chi connectivity index (χ2n) is 4.75. The van der Waals surface area contributed by atoms with Gasteiger partial charge in [-0.25, -0.2) is 4.98 Å². The quantitative estimate of drug-likeness (QED) is 0.874. The van der Waals surface area contributed by atoms with E-state index in [0.29, 0.717) is 6.54 Å². The fourth-order valence-electron chi connectivity index (χ4n) is 2.40. The van der Waals surface area contributed by atoms with Crippen LogP contribution in [0.1, 0.15) is 18.3 Å². The lowest BCUT2D eigenvalue weighted by Crippen LogP contribution is -2.24. The van der Waals surface area contributed by atoms with Crippen molar-refractivity contribution < 1.29 is 0 Å². The maximum absolute atomic E-state index is 5.56. The van der Waals surface area contributed by atoms with Gasteiger partial charge in [0, 0.05) is 26.2 Å². The van der Waals surface area contributed by atoms with Gasteiger partial charge in [0.1, 0.15) is 5.82 Å². The number of nitrogens with two attached hydrogens (primary N) is 1. The zero-order chi connectivity index (χ0) is 13.1. The van der Waals surface area contributed by atoms with Crippen molar-refractivity contribution in [2.45, 2.75) is 26.9 Å². The lowest BCUT2D eigenvalue weighted by Gasteiger charge is -2.15. The van der Waals surface area contributed by atoms with Crippen LogP contribution in [0.4, 0.5) is 0 Å². The number of benzene rings is 1. The molecule has 0 saturated heterocycles. The molecule has 18 heavy (non-hydrogen) atoms. The van der Waals surface area contributed by atoms with Gasteiger partial charge in [0.2, 0.25) is 0 Å². The largest absolute Gasteiger partial charge is 0.329 e. The molecule has 0 saturated carbocycles. The van der Waals surface area contributed by atoms with Gasteiger partial charge in [0.05, 0.1) is 11.0 Å². The lowest BCUT2D eigenvalue weighted by atomic mass is 10.2. The van der Waals surface area contributed by atoms with Gasteiger partial charge in [-0.2, -0.15) is 0 Å². The predicted molar refractivity (Wildman–Crippen MR) is 75.5 cm³/mol. The molecule has 0 fully saturated rings. The summed E-state index contributed by atoms with van der Waals surface area (Å²) >= 11 is 0. The Balaban J connectivity index is 2.28. The fraction of sp³-hybridized carbons (Fsp3) is 0.500. The first kappa shape index (κ1) is 13.1. The van der Waals surface area contributed by atoms with Gasteiger partial charge in [-0.3, -0.25) is 0 Å². The zero-order valence-electron chi connectivity index (χ0n) is 11.5. The van der Waals surface area contributed by atoms with Gasteiger partial charge in [-0.1, -0.05) is 6.07 Å². The van der Waals surface area contributed by atoms with E-state index in [2.05, 4.69) is 53.5 Å². The van der Waals surface area contributed by atoms with Crippen LogP contribution in [0.25, 0.3) is 11.0 Å². The molecular formula is C14H22N4. The standard InChI is InChI=1S/C14H22N4/c1-4-18-11(2)16-13-9-12(5-6-14(13)18)10-17(3)8-7-15/h5-6,9H,4,7-8,10,15H2,1-3H3. The Morgan fingerprint density at radius 1 is 1.39 bits per heavy atom. The van der Waals surface area contributed by atoms with Gasteiger partial charge < -0.3 is 15.2 Å². The number of hydrogen-bond acceptors (Lipinski definition) is 3. The zero-order valence-corrected chi connectivity index (χ0v) is 11.5. The molecule has 0 aliphatic heterocycles. The Hall–Kier alpha value is -1.39. The summed E-state index contributed by atoms with van der Waals surface area (Å²) in [5.41, 5.74) is 9.16. The van der Waals surface area contributed by atoms with Crippen molar-refractivity contribution in [3.8, 4) is 0 Å². The second kappa shape index (κ2) is 5.50. The van der Waals surface area contributed by atoms with Gasteiger partial charge in [-0.15, -0.1) is 0 Å². The first-order valence-electron chi connectivity index (χ1n) is 6.50. The monoisotopic (exact) mass is 246 g/mol. The van der Waals surface area contributed by atoms with Crippen LogP contribution in [0.5, 0.6) is 0 Å². The smallest absolute Gasteiger partial charge is 0.106 e. The summed E-state index contributed by atoms with van der Waals surface area (Å²) < 4.78 is 2.24. The van der Waals surface area contributed by atoms with Gasteiger partial charge in [0.25, 0.3) is 0 Å². The van der Waals surface area contributed by atoms with Crippen LogP contribution in [0.15, 0.2) is 18.2 Å². The molecular weight excluding hydrogens is 224 g/mol. The average molecular weight is 246 g/mol. The molecule has 0 aliphatic carbocycles. The Kier molecular flexibility index (Phi) is 3.99. The second-order valence-corrected chi connectivity index (χ2v) is 4.75. The van der Waals surface area contributed by atoms with E-state index in [1.54, 1.807) is 0 Å². The number of aromatic nitrogens is 2. The molecule has 2 rings (SSSR count). The van der Waals surface area contributed by atoms with Crippen LogP contribution < -0.4 is 5.73 Å². The number of fused-ring (bicyclic) bond motifs is 1. The molecule has 0 spiro atoms. The van der Waals surface area contributed by atoms with E-state index in [-0.39, 0.29) is 0 Å². The van der Waals surface area contributed by atoms with E-state index in [1.807, 2.05) is 0 Å². The number of likely N-dealkylation sites (N-methyl/N-ethyl adjacent to an activating group) is 1. The predicted octanol–water partition coefficient (Wildman–Crippen LogP) is 1.76. The molecule has 0 atom stereocenters. The summed E-state index contributed by atoms with van der Waals surface area (Å²) in [7, 11) is 2.09. The van der Waals surface area contributed by atoms with E-state index in [1.165, 1.54) is 11.1 Å². The molecule has 1 aromatic carbocycles. The third-order valence-corrected chi connectivity index (χ3v) is 3.28. The Labute approximate surface area is 108 Å². The molecule has 0 aliphatic rings. The normalized spacial score (nSPS) is 11.6. The highest BCUT2D eigenvalue weighted by molar-refractivity contribution is 5.76. The Morgan fingerprint density at radius 3 is 2.83 bits per heavy atom. The maximum atomic E-state index is 5.56. The van der Waals surface area contributed by atoms with Crippen LogP contribution in [0.2, 0.25) is 0 Å². The van der Waals surface area contributed by atoms with E-state index < -0.39 is 0 Å². The molecule has 4 heteroatoms. The number of nitrogens with zero attached hydrogens (tertiary/aromatic N) is 3. The number of rotatable bonds is 5. The first-order valence-corrected chi connectivity index (χ1v) is 6.50. The van der Waals surface area contributed by atoms with E-state index >= 15 is 0 Å². The summed E-state index contributed by atoms with van der Waals surface area (Å²) in [5, 5.41) is 0. The van der Waals surface area contributed by atoms with Crippen molar-refractivity contribution in [1.29, 1.82) is 0 Å². The highest BCUT2D eigenvalue weighted by atomic mass is 15.1. The Bertz CT molecular complexity index is 530. The Morgan fingerprint density at radius 2 is 2.17 bits per heavy atom. The molecule has 0 bridgehead atoms. The molecule has 98 valence electrons. The van der Waals surface area contributed by atoms with Crippen LogP contribution in [-0.4, -0.2) is 34.6 Å². The molecule has 0 unspecified atom stereocenters. The summed E-state index contributed by atoms with van der Waals surface area (Å²) in [6, 6.07) is 6.54. The lowest BCUT2D eigenvalue weighted by molar-refractivity contribution is 0.336. The van der Waals surface area contributed by atoms with Crippen molar-refractivity contribution in [2.24, 2.45) is 5.73 Å². The highest BCUT2D eigenvalue weighted by Gasteiger charge is 2.07. The van der Waals surface area contributed by atoms with Crippen LogP contribution >= 0.6 is 0 Å². The van der Waals surface area contributed by atoms with Crippen molar-refractivity contribution >= 4 is 11.0 Å². The SMILES string of the molecule is CCn1c(C)nc2cc(CN(C)CCN)ccc21. The highest BCUT2D eigenvalue weighted by Crippen LogP contribution is 2.18. The molecule has 2 aromatic rings. The third kappa shape index (κ3) is 2.54. The number of imidazole rings is 1. The van der Waals surface area contributed by atoms with Crippen LogP contribution in [0.3, 0.4) is 0 Å². The molecule has 0 amide bonds. The van der Waals surface area contributed by atoms with Crippen LogP contribution in [0, 0.1) is 6.92 Å². The summed E-state index contributed by atoms with van der Waals surface area (Å²) in [5.74, 6) is 1.08. The fourth-order valence-corrected chi connectivity index (χ4v) is 2.40. The minimum Gasteiger partial charge on any atom is -0.329 e. The van der Waals surface area contributed by atoms with E-state index in [4.69, 9.17) is 5.73 Å². The van der Waals surface area contributed by atoms with Crippen molar-refractivity contribution in [2.75, 3.05) is 20.1 Å². The third-order valence-electron chi connectivity index (χ3n) is 3.28. The summed E-state index contributed by atoms with van der Waals surface area (Å²) in [6.45, 7) is 7.71. The average Bonchev–Trinajstić information content (AvgIpc) is 2.63. The van der Waals surface area contributed by atoms with Crippen molar-refractivity contribution in [3.05, 3.63) is 29.6 Å². The van der Waals surface area contributed by atoms with Gasteiger partial charge in [-0.05, 0) is 38.6 Å². The van der Waals surface area contributed by atoms with Gasteiger partial charge >= 0.3 is 0 Å². The first-order chi connectivity index (χ1) is 8.65. The van der Waals surface area contributed by atoms with E-state index in [9.17, 15) is 0 Å². The topological polar surface area (TPSA) is 47.1 Å². The molecule has 1 heterocycles. The molecule has 2 N–H and O–H groups in total. The van der Waals surface area contributed by atoms with E-state index in [0.717, 1.165) is 31.0 Å². The van der Waals surface area contributed by atoms with Crippen LogP contribution in [-0.2, 0) is 13.1 Å². The van der Waals surface area contributed by atoms with Crippen molar-refractivity contribution in [3.63, 3.8) is 0 Å². The molecule has 4 nitrogen and oxygen atoms in total. The summed E-state index contributed by atoms with van der Waals surface area (Å²) in [4.78, 5) is 6.84. The molecule has 1 aromatic heterocycles. The minimum atomic E-state index is 0.697. The van der Waals surface area contributed by atoms with Crippen molar-refractivity contribution in [1.82, 2.24) is 14.5 Å². The number of aryl methyl sites for hydroxylation is 2.